The number of hydrogen-bond acceptors (Lipinski definition) is 6. The monoisotopic (exact) mass is 392 g/mol. The maximum Gasteiger partial charge on any atom is 0.331 e. The summed E-state index contributed by atoms with van der Waals surface area (Å²) in [4.78, 5) is 23.1. The highest BCUT2D eigenvalue weighted by Crippen LogP contribution is 2.68. The molecule has 1 spiro atoms. The first kappa shape index (κ1) is 19.9. The van der Waals surface area contributed by atoms with E-state index >= 15 is 0 Å². The Morgan fingerprint density at radius 1 is 1.43 bits per heavy atom. The van der Waals surface area contributed by atoms with Crippen LogP contribution in [0, 0.1) is 22.7 Å². The molecule has 6 heteroatoms. The molecule has 0 bridgehead atoms. The van der Waals surface area contributed by atoms with Gasteiger partial charge >= 0.3 is 11.9 Å². The molecule has 4 aliphatic rings. The molecule has 3 fully saturated rings. The van der Waals surface area contributed by atoms with Gasteiger partial charge in [-0.3, -0.25) is 4.79 Å². The van der Waals surface area contributed by atoms with Crippen molar-refractivity contribution in [1.82, 2.24) is 0 Å². The quantitative estimate of drug-likeness (QED) is 0.572. The van der Waals surface area contributed by atoms with E-state index in [0.717, 1.165) is 37.7 Å². The van der Waals surface area contributed by atoms with Crippen molar-refractivity contribution in [2.24, 2.45) is 22.7 Å². The van der Waals surface area contributed by atoms with Crippen LogP contribution >= 0.6 is 0 Å². The van der Waals surface area contributed by atoms with Crippen molar-refractivity contribution in [2.45, 2.75) is 71.0 Å². The summed E-state index contributed by atoms with van der Waals surface area (Å²) in [5.74, 6) is -0.0354. The van der Waals surface area contributed by atoms with E-state index in [0.29, 0.717) is 25.6 Å². The number of hydrogen-bond donors (Lipinski definition) is 1. The normalized spacial score (nSPS) is 44.6. The molecule has 0 aromatic carbocycles. The summed E-state index contributed by atoms with van der Waals surface area (Å²) in [5, 5.41) is 11.3. The fourth-order valence-corrected chi connectivity index (χ4v) is 6.47. The molecule has 28 heavy (non-hydrogen) atoms. The van der Waals surface area contributed by atoms with E-state index in [2.05, 4.69) is 13.8 Å². The third-order valence-corrected chi connectivity index (χ3v) is 8.35. The van der Waals surface area contributed by atoms with Crippen LogP contribution in [0.25, 0.3) is 0 Å². The third-order valence-electron chi connectivity index (χ3n) is 8.35. The molecule has 2 aliphatic heterocycles. The van der Waals surface area contributed by atoms with Crippen LogP contribution in [-0.4, -0.2) is 48.6 Å². The van der Waals surface area contributed by atoms with E-state index in [1.54, 1.807) is 6.08 Å². The van der Waals surface area contributed by atoms with E-state index in [-0.39, 0.29) is 35.5 Å². The van der Waals surface area contributed by atoms with Gasteiger partial charge in [-0.2, -0.15) is 0 Å². The lowest BCUT2D eigenvalue weighted by Crippen LogP contribution is -2.66. The Labute approximate surface area is 166 Å². The molecular weight excluding hydrogens is 360 g/mol. The van der Waals surface area contributed by atoms with Crippen LogP contribution in [0.4, 0.5) is 0 Å². The molecule has 6 atom stereocenters. The minimum atomic E-state index is -0.547. The summed E-state index contributed by atoms with van der Waals surface area (Å²) >= 11 is 0. The van der Waals surface area contributed by atoms with Gasteiger partial charge in [0.25, 0.3) is 0 Å². The Morgan fingerprint density at radius 2 is 2.18 bits per heavy atom. The highest BCUT2D eigenvalue weighted by Gasteiger charge is 2.73. The van der Waals surface area contributed by atoms with Gasteiger partial charge in [0.05, 0.1) is 18.1 Å². The Hall–Kier alpha value is -1.40. The predicted molar refractivity (Wildman–Crippen MR) is 101 cm³/mol. The van der Waals surface area contributed by atoms with Gasteiger partial charge in [0, 0.05) is 13.0 Å². The van der Waals surface area contributed by atoms with E-state index in [4.69, 9.17) is 14.2 Å². The van der Waals surface area contributed by atoms with Crippen molar-refractivity contribution in [2.75, 3.05) is 19.8 Å². The second-order valence-electron chi connectivity index (χ2n) is 9.62. The molecule has 0 aromatic rings. The van der Waals surface area contributed by atoms with Crippen molar-refractivity contribution >= 4 is 11.9 Å². The minimum Gasteiger partial charge on any atom is -0.465 e. The Bertz CT molecular complexity index is 695. The standard InChI is InChI=1S/C22H32O6/c1-14-9-18(24)22(13-27-15(2)23)17(5-4-7-21(22)12-28-21)20(14,3)8-6-16-10-19(25)26-11-16/h10,14,17-18,24H,4-9,11-13H2,1-3H3. The number of ether oxygens (including phenoxy) is 3. The van der Waals surface area contributed by atoms with Gasteiger partial charge < -0.3 is 19.3 Å². The zero-order valence-corrected chi connectivity index (χ0v) is 17.2. The SMILES string of the molecule is CC(=O)OCC12C(O)CC(C)C(C)(CCC3=CC(=O)OC3)C1CCCC21CO1. The molecule has 156 valence electrons. The molecule has 6 unspecified atom stereocenters. The van der Waals surface area contributed by atoms with Gasteiger partial charge in [-0.1, -0.05) is 20.3 Å². The lowest BCUT2D eigenvalue weighted by molar-refractivity contribution is -0.218. The Kier molecular flexibility index (Phi) is 4.86. The number of esters is 2. The van der Waals surface area contributed by atoms with E-state index < -0.39 is 11.5 Å². The average Bonchev–Trinajstić information content (AvgIpc) is 3.29. The predicted octanol–water partition coefficient (Wildman–Crippen LogP) is 2.78. The molecule has 0 aromatic heterocycles. The molecule has 0 radical (unpaired) electrons. The number of aliphatic hydroxyl groups excluding tert-OH is 1. The lowest BCUT2D eigenvalue weighted by atomic mass is 9.43. The lowest BCUT2D eigenvalue weighted by Gasteiger charge is -2.62. The summed E-state index contributed by atoms with van der Waals surface area (Å²) in [7, 11) is 0. The smallest absolute Gasteiger partial charge is 0.331 e. The van der Waals surface area contributed by atoms with E-state index in [1.807, 2.05) is 0 Å². The van der Waals surface area contributed by atoms with Gasteiger partial charge in [-0.15, -0.1) is 0 Å². The minimum absolute atomic E-state index is 0.0365. The molecule has 1 saturated heterocycles. The topological polar surface area (TPSA) is 85.4 Å². The number of rotatable bonds is 5. The Morgan fingerprint density at radius 3 is 2.79 bits per heavy atom. The fourth-order valence-electron chi connectivity index (χ4n) is 6.47. The van der Waals surface area contributed by atoms with Crippen LogP contribution in [0.5, 0.6) is 0 Å². The average molecular weight is 392 g/mol. The van der Waals surface area contributed by atoms with Crippen LogP contribution in [0.1, 0.15) is 59.3 Å². The maximum atomic E-state index is 11.7. The fraction of sp³-hybridized carbons (Fsp3) is 0.818. The first-order chi connectivity index (χ1) is 13.2. The highest BCUT2D eigenvalue weighted by molar-refractivity contribution is 5.85. The van der Waals surface area contributed by atoms with Crippen LogP contribution in [0.2, 0.25) is 0 Å². The molecule has 2 saturated carbocycles. The van der Waals surface area contributed by atoms with Crippen molar-refractivity contribution < 1.29 is 28.9 Å². The number of cyclic esters (lactones) is 1. The largest absolute Gasteiger partial charge is 0.465 e. The van der Waals surface area contributed by atoms with Gasteiger partial charge in [0.1, 0.15) is 18.8 Å². The van der Waals surface area contributed by atoms with Gasteiger partial charge in [0.15, 0.2) is 0 Å². The molecule has 2 aliphatic carbocycles. The van der Waals surface area contributed by atoms with Crippen LogP contribution in [0.3, 0.4) is 0 Å². The third kappa shape index (κ3) is 2.91. The van der Waals surface area contributed by atoms with Crippen molar-refractivity contribution in [3.63, 3.8) is 0 Å². The zero-order valence-electron chi connectivity index (χ0n) is 17.2. The molecule has 4 rings (SSSR count). The van der Waals surface area contributed by atoms with E-state index in [9.17, 15) is 14.7 Å². The van der Waals surface area contributed by atoms with Crippen molar-refractivity contribution in [3.8, 4) is 0 Å². The molecule has 1 N–H and O–H groups in total. The molecule has 0 amide bonds. The highest BCUT2D eigenvalue weighted by atomic mass is 16.6. The summed E-state index contributed by atoms with van der Waals surface area (Å²) < 4.78 is 16.6. The number of epoxide rings is 1. The van der Waals surface area contributed by atoms with Gasteiger partial charge in [-0.05, 0) is 54.9 Å². The molecule has 2 heterocycles. The van der Waals surface area contributed by atoms with Crippen LogP contribution < -0.4 is 0 Å². The Balaban J connectivity index is 1.66. The van der Waals surface area contributed by atoms with Crippen molar-refractivity contribution in [3.05, 3.63) is 11.6 Å². The zero-order chi connectivity index (χ0) is 20.2. The molecular formula is C22H32O6. The number of carbonyl (C=O) groups excluding carboxylic acids is 2. The second-order valence-corrected chi connectivity index (χ2v) is 9.62. The first-order valence-electron chi connectivity index (χ1n) is 10.6. The number of fused-ring (bicyclic) bond motifs is 2. The first-order valence-corrected chi connectivity index (χ1v) is 10.6. The van der Waals surface area contributed by atoms with Crippen LogP contribution in [0.15, 0.2) is 11.6 Å². The summed E-state index contributed by atoms with van der Waals surface area (Å²) in [6.45, 7) is 7.22. The maximum absolute atomic E-state index is 11.7. The van der Waals surface area contributed by atoms with Crippen LogP contribution in [-0.2, 0) is 23.8 Å². The van der Waals surface area contributed by atoms with E-state index in [1.165, 1.54) is 6.92 Å². The number of aliphatic hydroxyl groups is 1. The molecule has 6 nitrogen and oxygen atoms in total. The summed E-state index contributed by atoms with van der Waals surface area (Å²) in [5.41, 5.74) is 0.0980. The summed E-state index contributed by atoms with van der Waals surface area (Å²) in [6, 6.07) is 0. The van der Waals surface area contributed by atoms with Gasteiger partial charge in [-0.25, -0.2) is 4.79 Å². The van der Waals surface area contributed by atoms with Crippen molar-refractivity contribution in [1.29, 1.82) is 0 Å². The summed E-state index contributed by atoms with van der Waals surface area (Å²) in [6.07, 6.45) is 6.46. The van der Waals surface area contributed by atoms with Gasteiger partial charge in [0.2, 0.25) is 0 Å². The number of carbonyl (C=O) groups is 2. The second kappa shape index (κ2) is 6.84.